The number of phenols is 2. The fourth-order valence-electron chi connectivity index (χ4n) is 4.04. The predicted molar refractivity (Wildman–Crippen MR) is 109 cm³/mol. The van der Waals surface area contributed by atoms with Gasteiger partial charge in [-0.3, -0.25) is 9.80 Å². The van der Waals surface area contributed by atoms with Gasteiger partial charge in [-0.05, 0) is 35.4 Å². The van der Waals surface area contributed by atoms with Crippen molar-refractivity contribution in [3.63, 3.8) is 0 Å². The van der Waals surface area contributed by atoms with Crippen molar-refractivity contribution >= 4 is 11.0 Å². The molecule has 0 unspecified atom stereocenters. The van der Waals surface area contributed by atoms with Crippen LogP contribution in [-0.4, -0.2) is 53.0 Å². The van der Waals surface area contributed by atoms with Crippen LogP contribution in [0.5, 0.6) is 23.0 Å². The molecule has 0 atom stereocenters. The molecule has 0 aliphatic carbocycles. The monoisotopic (exact) mass is 410 g/mol. The van der Waals surface area contributed by atoms with Gasteiger partial charge in [-0.15, -0.1) is 0 Å². The smallest absolute Gasteiger partial charge is 0.336 e. The van der Waals surface area contributed by atoms with Crippen LogP contribution in [0.4, 0.5) is 0 Å². The van der Waals surface area contributed by atoms with Gasteiger partial charge < -0.3 is 24.1 Å². The maximum absolute atomic E-state index is 11.9. The maximum atomic E-state index is 11.9. The molecule has 0 spiro atoms. The number of piperazine rings is 1. The highest BCUT2D eigenvalue weighted by molar-refractivity contribution is 5.87. The first kappa shape index (κ1) is 18.8. The molecule has 2 aromatic carbocycles. The second-order valence-electron chi connectivity index (χ2n) is 7.64. The Morgan fingerprint density at radius 1 is 0.867 bits per heavy atom. The molecular weight excluding hydrogens is 388 g/mol. The lowest BCUT2D eigenvalue weighted by molar-refractivity contribution is 0.122. The van der Waals surface area contributed by atoms with Crippen molar-refractivity contribution in [2.24, 2.45) is 0 Å². The molecule has 1 aromatic heterocycles. The molecule has 0 bridgehead atoms. The number of ether oxygens (including phenoxy) is 2. The Morgan fingerprint density at radius 3 is 2.40 bits per heavy atom. The van der Waals surface area contributed by atoms with E-state index in [2.05, 4.69) is 15.9 Å². The number of fused-ring (bicyclic) bond motifs is 2. The molecule has 5 rings (SSSR count). The predicted octanol–water partition coefficient (Wildman–Crippen LogP) is 2.25. The first-order chi connectivity index (χ1) is 14.6. The Bertz CT molecular complexity index is 1150. The first-order valence-corrected chi connectivity index (χ1v) is 9.88. The van der Waals surface area contributed by atoms with E-state index in [1.807, 2.05) is 12.1 Å². The molecule has 1 saturated heterocycles. The van der Waals surface area contributed by atoms with E-state index in [0.29, 0.717) is 11.9 Å². The third-order valence-corrected chi connectivity index (χ3v) is 5.65. The van der Waals surface area contributed by atoms with E-state index in [0.717, 1.165) is 49.8 Å². The first-order valence-electron chi connectivity index (χ1n) is 9.88. The van der Waals surface area contributed by atoms with Crippen LogP contribution in [0.2, 0.25) is 0 Å². The molecule has 156 valence electrons. The summed E-state index contributed by atoms with van der Waals surface area (Å²) in [4.78, 5) is 16.6. The minimum absolute atomic E-state index is 0.0268. The fourth-order valence-corrected chi connectivity index (χ4v) is 4.04. The number of hydrogen-bond acceptors (Lipinski definition) is 8. The zero-order chi connectivity index (χ0) is 20.7. The van der Waals surface area contributed by atoms with Crippen LogP contribution in [0, 0.1) is 0 Å². The molecule has 3 heterocycles. The van der Waals surface area contributed by atoms with Gasteiger partial charge in [-0.2, -0.15) is 0 Å². The molecule has 0 amide bonds. The SMILES string of the molecule is O=c1cc(CN2CCN(Cc3ccc4c(c3)OCO4)CC2)c2ccc(O)c(O)c2o1. The maximum Gasteiger partial charge on any atom is 0.336 e. The van der Waals surface area contributed by atoms with Gasteiger partial charge in [0.1, 0.15) is 0 Å². The molecule has 3 aromatic rings. The highest BCUT2D eigenvalue weighted by Crippen LogP contribution is 2.35. The van der Waals surface area contributed by atoms with E-state index in [9.17, 15) is 15.0 Å². The second-order valence-corrected chi connectivity index (χ2v) is 7.64. The highest BCUT2D eigenvalue weighted by Gasteiger charge is 2.21. The molecule has 2 aliphatic heterocycles. The third-order valence-electron chi connectivity index (χ3n) is 5.65. The summed E-state index contributed by atoms with van der Waals surface area (Å²) in [6, 6.07) is 10.6. The summed E-state index contributed by atoms with van der Waals surface area (Å²) in [6.07, 6.45) is 0. The normalized spacial score (nSPS) is 16.9. The highest BCUT2D eigenvalue weighted by atomic mass is 16.7. The molecule has 0 radical (unpaired) electrons. The Hall–Kier alpha value is -3.23. The lowest BCUT2D eigenvalue weighted by Gasteiger charge is -2.34. The van der Waals surface area contributed by atoms with Crippen LogP contribution in [0.25, 0.3) is 11.0 Å². The Balaban J connectivity index is 1.25. The van der Waals surface area contributed by atoms with Crippen molar-refractivity contribution in [2.45, 2.75) is 13.1 Å². The van der Waals surface area contributed by atoms with Crippen LogP contribution in [0.15, 0.2) is 45.6 Å². The summed E-state index contributed by atoms with van der Waals surface area (Å²) in [6.45, 7) is 5.22. The van der Waals surface area contributed by atoms with Gasteiger partial charge in [0.2, 0.25) is 12.5 Å². The summed E-state index contributed by atoms with van der Waals surface area (Å²) in [7, 11) is 0. The molecule has 30 heavy (non-hydrogen) atoms. The van der Waals surface area contributed by atoms with Crippen molar-refractivity contribution in [3.8, 4) is 23.0 Å². The van der Waals surface area contributed by atoms with Gasteiger partial charge in [-0.1, -0.05) is 6.07 Å². The summed E-state index contributed by atoms with van der Waals surface area (Å²) in [5, 5.41) is 20.3. The van der Waals surface area contributed by atoms with Crippen molar-refractivity contribution in [1.29, 1.82) is 0 Å². The lowest BCUT2D eigenvalue weighted by Crippen LogP contribution is -2.45. The topological polar surface area (TPSA) is 95.6 Å². The average molecular weight is 410 g/mol. The molecule has 2 aliphatic rings. The molecule has 8 heteroatoms. The van der Waals surface area contributed by atoms with Gasteiger partial charge in [0, 0.05) is 50.7 Å². The average Bonchev–Trinajstić information content (AvgIpc) is 3.20. The van der Waals surface area contributed by atoms with Gasteiger partial charge in [0.25, 0.3) is 0 Å². The van der Waals surface area contributed by atoms with E-state index in [1.165, 1.54) is 17.7 Å². The van der Waals surface area contributed by atoms with Gasteiger partial charge in [0.05, 0.1) is 0 Å². The van der Waals surface area contributed by atoms with Crippen molar-refractivity contribution < 1.29 is 24.1 Å². The van der Waals surface area contributed by atoms with Crippen LogP contribution >= 0.6 is 0 Å². The van der Waals surface area contributed by atoms with Crippen LogP contribution < -0.4 is 15.1 Å². The van der Waals surface area contributed by atoms with E-state index in [-0.39, 0.29) is 18.1 Å². The third kappa shape index (κ3) is 3.55. The van der Waals surface area contributed by atoms with Crippen LogP contribution in [0.3, 0.4) is 0 Å². The summed E-state index contributed by atoms with van der Waals surface area (Å²) in [5.41, 5.74) is 1.45. The number of rotatable bonds is 4. The van der Waals surface area contributed by atoms with E-state index < -0.39 is 11.4 Å². The molecular formula is C22H22N2O6. The van der Waals surface area contributed by atoms with Crippen molar-refractivity contribution in [1.82, 2.24) is 9.80 Å². The minimum atomic E-state index is -0.542. The molecule has 8 nitrogen and oxygen atoms in total. The summed E-state index contributed by atoms with van der Waals surface area (Å²) < 4.78 is 15.9. The Labute approximate surface area is 172 Å². The van der Waals surface area contributed by atoms with Gasteiger partial charge in [0.15, 0.2) is 22.8 Å². The largest absolute Gasteiger partial charge is 0.504 e. The van der Waals surface area contributed by atoms with E-state index >= 15 is 0 Å². The number of benzene rings is 2. The fraction of sp³-hybridized carbons (Fsp3) is 0.318. The zero-order valence-corrected chi connectivity index (χ0v) is 16.3. The minimum Gasteiger partial charge on any atom is -0.504 e. The second kappa shape index (κ2) is 7.55. The number of hydrogen-bond donors (Lipinski definition) is 2. The lowest BCUT2D eigenvalue weighted by atomic mass is 10.1. The Kier molecular flexibility index (Phi) is 4.72. The quantitative estimate of drug-likeness (QED) is 0.500. The van der Waals surface area contributed by atoms with Crippen molar-refractivity contribution in [2.75, 3.05) is 33.0 Å². The standard InChI is InChI=1S/C22H22N2O6/c25-17-3-2-16-15(10-20(26)30-22(16)21(17)27)12-24-7-5-23(6-8-24)11-14-1-4-18-19(9-14)29-13-28-18/h1-4,9-10,25,27H,5-8,11-13H2. The summed E-state index contributed by atoms with van der Waals surface area (Å²) >= 11 is 0. The van der Waals surface area contributed by atoms with Crippen molar-refractivity contribution in [3.05, 3.63) is 57.9 Å². The van der Waals surface area contributed by atoms with Gasteiger partial charge in [-0.25, -0.2) is 4.79 Å². The molecule has 1 fully saturated rings. The van der Waals surface area contributed by atoms with E-state index in [4.69, 9.17) is 13.9 Å². The summed E-state index contributed by atoms with van der Waals surface area (Å²) in [5.74, 6) is 0.887. The van der Waals surface area contributed by atoms with Gasteiger partial charge >= 0.3 is 5.63 Å². The molecule has 0 saturated carbocycles. The zero-order valence-electron chi connectivity index (χ0n) is 16.3. The number of phenolic OH excluding ortho intramolecular Hbond substituents is 2. The Morgan fingerprint density at radius 2 is 1.60 bits per heavy atom. The number of aromatic hydroxyl groups is 2. The molecule has 2 N–H and O–H groups in total. The number of nitrogens with zero attached hydrogens (tertiary/aromatic N) is 2. The van der Waals surface area contributed by atoms with E-state index in [1.54, 1.807) is 6.07 Å². The van der Waals surface area contributed by atoms with Crippen LogP contribution in [0.1, 0.15) is 11.1 Å². The van der Waals surface area contributed by atoms with Crippen LogP contribution in [-0.2, 0) is 13.1 Å².